The Labute approximate surface area is 305 Å². The highest BCUT2D eigenvalue weighted by molar-refractivity contribution is 9.10. The third-order valence-corrected chi connectivity index (χ3v) is 12.4. The van der Waals surface area contributed by atoms with E-state index in [0.717, 1.165) is 77.1 Å². The Kier molecular flexibility index (Phi) is 10.0. The van der Waals surface area contributed by atoms with E-state index in [4.69, 9.17) is 0 Å². The Morgan fingerprint density at radius 2 is 1.69 bits per heavy atom. The first kappa shape index (κ1) is 35.3. The van der Waals surface area contributed by atoms with E-state index in [-0.39, 0.29) is 41.2 Å². The van der Waals surface area contributed by atoms with E-state index < -0.39 is 17.6 Å². The van der Waals surface area contributed by atoms with Crippen LogP contribution in [-0.2, 0) is 16.6 Å². The molecule has 1 aromatic heterocycles. The van der Waals surface area contributed by atoms with Crippen LogP contribution in [0.5, 0.6) is 0 Å². The Bertz CT molecular complexity index is 1870. The topological polar surface area (TPSA) is 120 Å². The molecule has 0 aliphatic carbocycles. The van der Waals surface area contributed by atoms with Crippen molar-refractivity contribution in [1.82, 2.24) is 24.9 Å². The zero-order valence-electron chi connectivity index (χ0n) is 29.2. The van der Waals surface area contributed by atoms with Crippen molar-refractivity contribution >= 4 is 45.0 Å². The molecule has 3 atom stereocenters. The molecule has 4 saturated heterocycles. The zero-order chi connectivity index (χ0) is 35.9. The maximum absolute atomic E-state index is 15.2. The summed E-state index contributed by atoms with van der Waals surface area (Å²) < 4.78 is 17.0. The Hall–Kier alpha value is -4.10. The summed E-state index contributed by atoms with van der Waals surface area (Å²) in [6, 6.07) is 13.3. The molecular weight excluding hydrogens is 717 g/mol. The molecule has 3 amide bonds. The van der Waals surface area contributed by atoms with Gasteiger partial charge in [-0.05, 0) is 103 Å². The highest BCUT2D eigenvalue weighted by Gasteiger charge is 2.39. The number of nitrogens with one attached hydrogen (secondary N) is 2. The average Bonchev–Trinajstić information content (AvgIpc) is 3.12. The number of amides is 3. The number of benzene rings is 2. The third-order valence-electron chi connectivity index (χ3n) is 11.6. The van der Waals surface area contributed by atoms with Crippen LogP contribution in [0.15, 0.2) is 57.9 Å². The maximum Gasteiger partial charge on any atom is 0.282 e. The summed E-state index contributed by atoms with van der Waals surface area (Å²) in [6.07, 6.45) is 7.00. The monoisotopic (exact) mass is 761 g/mol. The van der Waals surface area contributed by atoms with Gasteiger partial charge in [-0.1, -0.05) is 18.2 Å². The van der Waals surface area contributed by atoms with Gasteiger partial charge in [-0.2, -0.15) is 5.10 Å². The van der Waals surface area contributed by atoms with Crippen LogP contribution in [0.4, 0.5) is 15.8 Å². The highest BCUT2D eigenvalue weighted by atomic mass is 79.9. The van der Waals surface area contributed by atoms with Crippen molar-refractivity contribution in [2.45, 2.75) is 62.8 Å². The van der Waals surface area contributed by atoms with Gasteiger partial charge < -0.3 is 20.0 Å². The molecule has 7 rings (SSSR count). The van der Waals surface area contributed by atoms with Crippen LogP contribution in [0.3, 0.4) is 0 Å². The SMILES string of the molecule is CN1C[C@H](Nc2cnn(C)c(=O)c2Br)C[C@H](c2ccc(C(=O)N3CCC4(CC3)CCN(c3ccc(C5CCC(=O)NC5=O)c(F)c3)CC4)cc2)C1. The molecule has 1 unspecified atom stereocenters. The van der Waals surface area contributed by atoms with Crippen LogP contribution in [-0.4, -0.2) is 89.7 Å². The molecule has 11 nitrogen and oxygen atoms in total. The van der Waals surface area contributed by atoms with Crippen LogP contribution in [0.25, 0.3) is 0 Å². The summed E-state index contributed by atoms with van der Waals surface area (Å²) in [5, 5.41) is 9.99. The van der Waals surface area contributed by atoms with Crippen LogP contribution >= 0.6 is 15.9 Å². The van der Waals surface area contributed by atoms with Gasteiger partial charge in [0, 0.05) is 75.6 Å². The minimum atomic E-state index is -0.637. The standard InChI is InChI=1S/C38H45BrFN7O4/c1-44-22-26(19-27(23-44)42-32-21-41-45(2)37(51)34(32)39)24-3-5-25(6-4-24)36(50)47-17-13-38(14-18-47)11-15-46(16-12-38)28-7-8-29(31(40)20-28)30-9-10-33(48)43-35(30)49/h3-8,20-21,26-27,30,42H,9-19,22-23H2,1-2H3,(H,43,48,49)/t26-,27+,30?/m0/s1. The first-order valence-electron chi connectivity index (χ1n) is 17.9. The van der Waals surface area contributed by atoms with Crippen molar-refractivity contribution in [2.75, 3.05) is 56.5 Å². The van der Waals surface area contributed by atoms with Crippen molar-refractivity contribution in [3.63, 3.8) is 0 Å². The lowest BCUT2D eigenvalue weighted by Crippen LogP contribution is -2.48. The third kappa shape index (κ3) is 7.46. The molecule has 13 heteroatoms. The number of likely N-dealkylation sites (N-methyl/N-ethyl adjacent to an activating group) is 1. The molecular formula is C38H45BrFN7O4. The Morgan fingerprint density at radius 1 is 0.980 bits per heavy atom. The second-order valence-corrected chi connectivity index (χ2v) is 15.7. The van der Waals surface area contributed by atoms with Crippen molar-refractivity contribution in [1.29, 1.82) is 0 Å². The molecule has 1 spiro atoms. The molecule has 2 aromatic carbocycles. The molecule has 270 valence electrons. The lowest BCUT2D eigenvalue weighted by atomic mass is 9.71. The highest BCUT2D eigenvalue weighted by Crippen LogP contribution is 2.43. The summed E-state index contributed by atoms with van der Waals surface area (Å²) in [4.78, 5) is 56.2. The normalized spacial score (nSPS) is 24.0. The van der Waals surface area contributed by atoms with E-state index in [1.807, 2.05) is 23.1 Å². The van der Waals surface area contributed by atoms with E-state index in [0.29, 0.717) is 27.7 Å². The van der Waals surface area contributed by atoms with Gasteiger partial charge in [0.1, 0.15) is 10.3 Å². The number of piperidine rings is 4. The van der Waals surface area contributed by atoms with Crippen molar-refractivity contribution in [3.05, 3.63) is 86.0 Å². The second kappa shape index (κ2) is 14.5. The number of halogens is 2. The van der Waals surface area contributed by atoms with Gasteiger partial charge >= 0.3 is 0 Å². The van der Waals surface area contributed by atoms with Crippen molar-refractivity contribution < 1.29 is 18.8 Å². The molecule has 4 aliphatic heterocycles. The predicted molar refractivity (Wildman–Crippen MR) is 196 cm³/mol. The number of imide groups is 1. The predicted octanol–water partition coefficient (Wildman–Crippen LogP) is 4.62. The fourth-order valence-corrected chi connectivity index (χ4v) is 8.96. The smallest absolute Gasteiger partial charge is 0.282 e. The molecule has 4 aliphatic rings. The molecule has 4 fully saturated rings. The Morgan fingerprint density at radius 3 is 2.37 bits per heavy atom. The van der Waals surface area contributed by atoms with Gasteiger partial charge in [-0.15, -0.1) is 0 Å². The first-order chi connectivity index (χ1) is 24.5. The molecule has 51 heavy (non-hydrogen) atoms. The molecule has 0 bridgehead atoms. The van der Waals surface area contributed by atoms with E-state index in [2.05, 4.69) is 60.6 Å². The van der Waals surface area contributed by atoms with E-state index in [1.54, 1.807) is 19.3 Å². The lowest BCUT2D eigenvalue weighted by molar-refractivity contribution is -0.134. The van der Waals surface area contributed by atoms with Crippen LogP contribution in [0.1, 0.15) is 78.3 Å². The molecule has 2 N–H and O–H groups in total. The van der Waals surface area contributed by atoms with Crippen LogP contribution < -0.4 is 21.1 Å². The van der Waals surface area contributed by atoms with Gasteiger partial charge in [0.25, 0.3) is 11.5 Å². The van der Waals surface area contributed by atoms with Gasteiger partial charge in [0.2, 0.25) is 11.8 Å². The molecule has 5 heterocycles. The quantitative estimate of drug-likeness (QED) is 0.350. The number of hydrogen-bond donors (Lipinski definition) is 2. The fraction of sp³-hybridized carbons (Fsp3) is 0.500. The second-order valence-electron chi connectivity index (χ2n) is 14.9. The minimum Gasteiger partial charge on any atom is -0.379 e. The summed E-state index contributed by atoms with van der Waals surface area (Å²) in [7, 11) is 3.73. The summed E-state index contributed by atoms with van der Waals surface area (Å²) >= 11 is 3.42. The van der Waals surface area contributed by atoms with E-state index in [1.165, 1.54) is 16.3 Å². The molecule has 0 radical (unpaired) electrons. The van der Waals surface area contributed by atoms with Gasteiger partial charge in [-0.25, -0.2) is 9.07 Å². The maximum atomic E-state index is 15.2. The number of rotatable bonds is 6. The summed E-state index contributed by atoms with van der Waals surface area (Å²) in [5.41, 5.74) is 3.76. The number of anilines is 2. The fourth-order valence-electron chi connectivity index (χ4n) is 8.49. The van der Waals surface area contributed by atoms with Crippen molar-refractivity contribution in [2.24, 2.45) is 12.5 Å². The van der Waals surface area contributed by atoms with E-state index >= 15 is 4.39 Å². The number of aryl methyl sites for hydroxylation is 1. The van der Waals surface area contributed by atoms with Gasteiger partial charge in [0.15, 0.2) is 0 Å². The lowest BCUT2D eigenvalue weighted by Gasteiger charge is -2.47. The van der Waals surface area contributed by atoms with Crippen LogP contribution in [0.2, 0.25) is 0 Å². The Balaban J connectivity index is 0.911. The van der Waals surface area contributed by atoms with Gasteiger partial charge in [0.05, 0.1) is 17.8 Å². The number of likely N-dealkylation sites (tertiary alicyclic amines) is 2. The number of carbonyl (C=O) groups excluding carboxylic acids is 3. The van der Waals surface area contributed by atoms with E-state index in [9.17, 15) is 19.2 Å². The zero-order valence-corrected chi connectivity index (χ0v) is 30.8. The summed E-state index contributed by atoms with van der Waals surface area (Å²) in [6.45, 7) is 4.85. The molecule has 3 aromatic rings. The minimum absolute atomic E-state index is 0.0729. The number of aromatic nitrogens is 2. The van der Waals surface area contributed by atoms with Gasteiger partial charge in [-0.3, -0.25) is 24.5 Å². The number of nitrogens with zero attached hydrogens (tertiary/aromatic N) is 5. The number of carbonyl (C=O) groups is 3. The summed E-state index contributed by atoms with van der Waals surface area (Å²) in [5.74, 6) is -1.42. The number of hydrogen-bond acceptors (Lipinski definition) is 8. The van der Waals surface area contributed by atoms with Crippen LogP contribution in [0, 0.1) is 11.2 Å². The first-order valence-corrected chi connectivity index (χ1v) is 18.7. The average molecular weight is 763 g/mol. The molecule has 0 saturated carbocycles. The largest absolute Gasteiger partial charge is 0.379 e. The van der Waals surface area contributed by atoms with Crippen molar-refractivity contribution in [3.8, 4) is 0 Å².